The molecule has 1 aromatic carbocycles. The molecule has 1 unspecified atom stereocenters. The van der Waals surface area contributed by atoms with Gasteiger partial charge >= 0.3 is 0 Å². The number of nitrogens with one attached hydrogen (secondary N) is 2. The first kappa shape index (κ1) is 15.7. The van der Waals surface area contributed by atoms with Crippen molar-refractivity contribution < 1.29 is 17.4 Å². The van der Waals surface area contributed by atoms with Gasteiger partial charge in [0.25, 0.3) is 10.1 Å². The van der Waals surface area contributed by atoms with E-state index in [1.54, 1.807) is 7.05 Å². The lowest BCUT2D eigenvalue weighted by Crippen LogP contribution is -2.39. The molecule has 0 saturated heterocycles. The summed E-state index contributed by atoms with van der Waals surface area (Å²) in [7, 11) is -0.618. The van der Waals surface area contributed by atoms with Crippen molar-refractivity contribution in [2.45, 2.75) is 16.9 Å². The average molecular weight is 335 g/mol. The van der Waals surface area contributed by atoms with E-state index in [2.05, 4.69) is 15.6 Å². The SMILES string of the molecule is CNC1=CCC(NC)(c2nc3cc(S(=O)(=O)O)ccc3o2)C=C1. The Hall–Kier alpha value is -2.16. The second kappa shape index (κ2) is 5.48. The molecule has 0 amide bonds. The zero-order valence-electron chi connectivity index (χ0n) is 12.7. The van der Waals surface area contributed by atoms with E-state index in [1.165, 1.54) is 18.2 Å². The number of nitrogens with zero attached hydrogens (tertiary/aromatic N) is 1. The molecule has 7 nitrogen and oxygen atoms in total. The average Bonchev–Trinajstić information content (AvgIpc) is 2.97. The van der Waals surface area contributed by atoms with Crippen LogP contribution in [0.2, 0.25) is 0 Å². The van der Waals surface area contributed by atoms with Crippen molar-refractivity contribution in [2.24, 2.45) is 0 Å². The van der Waals surface area contributed by atoms with Gasteiger partial charge in [0, 0.05) is 12.7 Å². The van der Waals surface area contributed by atoms with E-state index >= 15 is 0 Å². The third kappa shape index (κ3) is 2.76. The molecule has 3 N–H and O–H groups in total. The monoisotopic (exact) mass is 335 g/mol. The van der Waals surface area contributed by atoms with E-state index < -0.39 is 15.7 Å². The minimum Gasteiger partial charge on any atom is -0.438 e. The van der Waals surface area contributed by atoms with Crippen molar-refractivity contribution in [2.75, 3.05) is 14.1 Å². The molecule has 1 heterocycles. The van der Waals surface area contributed by atoms with E-state index in [0.29, 0.717) is 23.4 Å². The highest BCUT2D eigenvalue weighted by molar-refractivity contribution is 7.85. The second-order valence-electron chi connectivity index (χ2n) is 5.29. The molecule has 1 aliphatic rings. The maximum atomic E-state index is 11.2. The van der Waals surface area contributed by atoms with Crippen molar-refractivity contribution in [3.8, 4) is 0 Å². The van der Waals surface area contributed by atoms with Crippen LogP contribution in [0.1, 0.15) is 12.3 Å². The van der Waals surface area contributed by atoms with Crippen LogP contribution in [0.25, 0.3) is 11.1 Å². The quantitative estimate of drug-likeness (QED) is 0.728. The summed E-state index contributed by atoms with van der Waals surface area (Å²) < 4.78 is 37.4. The standard InChI is InChI=1S/C15H17N3O4S/c1-16-10-5-7-15(17-2,8-6-10)14-18-12-9-11(23(19,20)21)3-4-13(12)22-14/h3-7,9,16-17H,8H2,1-2H3,(H,19,20,21). The second-order valence-corrected chi connectivity index (χ2v) is 6.71. The summed E-state index contributed by atoms with van der Waals surface area (Å²) in [6, 6.07) is 4.07. The van der Waals surface area contributed by atoms with Crippen molar-refractivity contribution >= 4 is 21.2 Å². The summed E-state index contributed by atoms with van der Waals surface area (Å²) >= 11 is 0. The van der Waals surface area contributed by atoms with E-state index in [-0.39, 0.29) is 4.90 Å². The Balaban J connectivity index is 2.06. The van der Waals surface area contributed by atoms with Crippen LogP contribution in [0.15, 0.2) is 51.4 Å². The van der Waals surface area contributed by atoms with Gasteiger partial charge in [0.05, 0.1) is 4.90 Å². The smallest absolute Gasteiger partial charge is 0.294 e. The number of hydrogen-bond donors (Lipinski definition) is 3. The highest BCUT2D eigenvalue weighted by Gasteiger charge is 2.34. The lowest BCUT2D eigenvalue weighted by atomic mass is 9.90. The molecule has 1 aromatic heterocycles. The lowest BCUT2D eigenvalue weighted by Gasteiger charge is -2.28. The molecule has 1 atom stereocenters. The summed E-state index contributed by atoms with van der Waals surface area (Å²) in [6.45, 7) is 0. The first-order chi connectivity index (χ1) is 10.9. The van der Waals surface area contributed by atoms with Gasteiger partial charge in [-0.05, 0) is 37.7 Å². The molecule has 1 aliphatic carbocycles. The Labute approximate surface area is 133 Å². The molecule has 23 heavy (non-hydrogen) atoms. The Morgan fingerprint density at radius 2 is 2.13 bits per heavy atom. The summed E-state index contributed by atoms with van der Waals surface area (Å²) in [5.41, 5.74) is 1.23. The summed E-state index contributed by atoms with van der Waals surface area (Å²) in [6.07, 6.45) is 6.54. The molecule has 0 bridgehead atoms. The summed E-state index contributed by atoms with van der Waals surface area (Å²) in [5.74, 6) is 0.435. The van der Waals surface area contributed by atoms with Gasteiger partial charge < -0.3 is 15.1 Å². The molecule has 2 aromatic rings. The Morgan fingerprint density at radius 3 is 2.70 bits per heavy atom. The van der Waals surface area contributed by atoms with Crippen molar-refractivity contribution in [1.82, 2.24) is 15.6 Å². The largest absolute Gasteiger partial charge is 0.438 e. The molecule has 8 heteroatoms. The predicted octanol–water partition coefficient (Wildman–Crippen LogP) is 1.55. The van der Waals surface area contributed by atoms with E-state index in [9.17, 15) is 8.42 Å². The number of rotatable bonds is 4. The lowest BCUT2D eigenvalue weighted by molar-refractivity contribution is 0.348. The first-order valence-electron chi connectivity index (χ1n) is 7.02. The molecule has 3 rings (SSSR count). The molecule has 0 saturated carbocycles. The number of oxazole rings is 1. The van der Waals surface area contributed by atoms with Gasteiger partial charge in [-0.1, -0.05) is 12.2 Å². The van der Waals surface area contributed by atoms with Gasteiger partial charge in [0.2, 0.25) is 5.89 Å². The topological polar surface area (TPSA) is 104 Å². The predicted molar refractivity (Wildman–Crippen MR) is 85.5 cm³/mol. The molecular formula is C15H17N3O4S. The van der Waals surface area contributed by atoms with Crippen LogP contribution in [0.4, 0.5) is 0 Å². The van der Waals surface area contributed by atoms with Crippen LogP contribution in [-0.2, 0) is 15.7 Å². The van der Waals surface area contributed by atoms with E-state index in [1.807, 2.05) is 25.3 Å². The Morgan fingerprint density at radius 1 is 1.35 bits per heavy atom. The normalized spacial score (nSPS) is 21.4. The Bertz CT molecular complexity index is 914. The van der Waals surface area contributed by atoms with Gasteiger partial charge in [0.1, 0.15) is 11.1 Å². The maximum absolute atomic E-state index is 11.2. The Kier molecular flexibility index (Phi) is 3.75. The van der Waals surface area contributed by atoms with Gasteiger partial charge in [0.15, 0.2) is 5.58 Å². The van der Waals surface area contributed by atoms with E-state index in [4.69, 9.17) is 8.97 Å². The minimum atomic E-state index is -4.27. The van der Waals surface area contributed by atoms with E-state index in [0.717, 1.165) is 5.70 Å². The van der Waals surface area contributed by atoms with Crippen LogP contribution in [0, 0.1) is 0 Å². The zero-order valence-corrected chi connectivity index (χ0v) is 13.5. The van der Waals surface area contributed by atoms with Gasteiger partial charge in [-0.3, -0.25) is 4.55 Å². The fourth-order valence-electron chi connectivity index (χ4n) is 2.53. The van der Waals surface area contributed by atoms with Crippen LogP contribution >= 0.6 is 0 Å². The van der Waals surface area contributed by atoms with Crippen LogP contribution in [0.5, 0.6) is 0 Å². The fourth-order valence-corrected chi connectivity index (χ4v) is 3.03. The number of hydrogen-bond acceptors (Lipinski definition) is 6. The number of fused-ring (bicyclic) bond motifs is 1. The first-order valence-corrected chi connectivity index (χ1v) is 8.46. The summed E-state index contributed by atoms with van der Waals surface area (Å²) in [5, 5.41) is 6.27. The van der Waals surface area contributed by atoms with Gasteiger partial charge in [-0.15, -0.1) is 0 Å². The number of benzene rings is 1. The number of likely N-dealkylation sites (N-methyl/N-ethyl adjacent to an activating group) is 2. The number of allylic oxidation sites excluding steroid dienone is 1. The number of aromatic nitrogens is 1. The molecule has 0 radical (unpaired) electrons. The summed E-state index contributed by atoms with van der Waals surface area (Å²) in [4.78, 5) is 4.19. The maximum Gasteiger partial charge on any atom is 0.294 e. The van der Waals surface area contributed by atoms with Crippen LogP contribution < -0.4 is 10.6 Å². The highest BCUT2D eigenvalue weighted by Crippen LogP contribution is 2.33. The van der Waals surface area contributed by atoms with Gasteiger partial charge in [-0.2, -0.15) is 8.42 Å². The zero-order chi connectivity index (χ0) is 16.7. The fraction of sp³-hybridized carbons (Fsp3) is 0.267. The minimum absolute atomic E-state index is 0.208. The molecule has 122 valence electrons. The molecule has 0 aliphatic heterocycles. The molecule has 0 fully saturated rings. The molecule has 0 spiro atoms. The van der Waals surface area contributed by atoms with Crippen molar-refractivity contribution in [3.05, 3.63) is 48.0 Å². The van der Waals surface area contributed by atoms with Crippen LogP contribution in [-0.4, -0.2) is 32.0 Å². The third-order valence-electron chi connectivity index (χ3n) is 3.96. The van der Waals surface area contributed by atoms with Gasteiger partial charge in [-0.25, -0.2) is 4.98 Å². The van der Waals surface area contributed by atoms with Crippen molar-refractivity contribution in [1.29, 1.82) is 0 Å². The third-order valence-corrected chi connectivity index (χ3v) is 4.81. The van der Waals surface area contributed by atoms with Crippen LogP contribution in [0.3, 0.4) is 0 Å². The molecular weight excluding hydrogens is 318 g/mol. The highest BCUT2D eigenvalue weighted by atomic mass is 32.2. The van der Waals surface area contributed by atoms with Crippen molar-refractivity contribution in [3.63, 3.8) is 0 Å².